The van der Waals surface area contributed by atoms with Crippen molar-refractivity contribution in [3.05, 3.63) is 131 Å². The predicted octanol–water partition coefficient (Wildman–Crippen LogP) is 14.4. The van der Waals surface area contributed by atoms with Gasteiger partial charge < -0.3 is 5.11 Å². The average Bonchev–Trinajstić information content (AvgIpc) is 3.06. The molecule has 1 rings (SSSR count). The normalized spacial score (nSPS) is 14.1. The van der Waals surface area contributed by atoms with E-state index in [0.29, 0.717) is 23.2 Å². The van der Waals surface area contributed by atoms with Crippen molar-refractivity contribution in [2.45, 2.75) is 114 Å². The molecule has 51 heavy (non-hydrogen) atoms. The summed E-state index contributed by atoms with van der Waals surface area (Å²) >= 11 is 1.77. The van der Waals surface area contributed by atoms with Gasteiger partial charge in [0.25, 0.3) is 0 Å². The highest BCUT2D eigenvalue weighted by molar-refractivity contribution is 8.02. The molecule has 0 aromatic heterocycles. The minimum absolute atomic E-state index is 0.0985. The van der Waals surface area contributed by atoms with Crippen LogP contribution in [-0.4, -0.2) is 24.3 Å². The van der Waals surface area contributed by atoms with Crippen LogP contribution in [0.2, 0.25) is 0 Å². The molecule has 1 N–H and O–H groups in total. The van der Waals surface area contributed by atoms with Gasteiger partial charge in [0.1, 0.15) is 12.0 Å². The molecule has 0 saturated heterocycles. The van der Waals surface area contributed by atoms with Gasteiger partial charge in [-0.2, -0.15) is 0 Å². The summed E-state index contributed by atoms with van der Waals surface area (Å²) in [4.78, 5) is 20.3. The first-order chi connectivity index (χ1) is 23.6. The zero-order chi connectivity index (χ0) is 40.0. The molecule has 0 aliphatic carbocycles. The number of hydrogen-bond acceptors (Lipinski definition) is 5. The van der Waals surface area contributed by atoms with Crippen molar-refractivity contribution in [1.82, 2.24) is 0 Å². The van der Waals surface area contributed by atoms with Crippen molar-refractivity contribution in [1.29, 1.82) is 0 Å². The molecule has 0 aliphatic heterocycles. The first kappa shape index (κ1) is 49.2. The lowest BCUT2D eigenvalue weighted by Crippen LogP contribution is -2.19. The molecular formula is C46H68N2O2S. The van der Waals surface area contributed by atoms with Crippen LogP contribution in [0, 0.1) is 16.7 Å². The third-order valence-corrected chi connectivity index (χ3v) is 9.54. The van der Waals surface area contributed by atoms with E-state index in [1.165, 1.54) is 22.1 Å². The minimum atomic E-state index is -0.204. The largest absolute Gasteiger partial charge is 0.509 e. The van der Waals surface area contributed by atoms with Gasteiger partial charge in [-0.3, -0.25) is 14.8 Å². The second-order valence-electron chi connectivity index (χ2n) is 15.0. The van der Waals surface area contributed by atoms with E-state index in [0.717, 1.165) is 29.0 Å². The summed E-state index contributed by atoms with van der Waals surface area (Å²) in [6.45, 7) is 44.8. The van der Waals surface area contributed by atoms with Crippen molar-refractivity contribution in [3.8, 4) is 0 Å². The van der Waals surface area contributed by atoms with Crippen LogP contribution in [0.25, 0.3) is 0 Å². The lowest BCUT2D eigenvalue weighted by molar-refractivity contribution is -0.104. The van der Waals surface area contributed by atoms with E-state index in [4.69, 9.17) is 5.11 Å². The molecule has 1 atom stereocenters. The molecule has 0 spiro atoms. The fourth-order valence-electron chi connectivity index (χ4n) is 3.83. The van der Waals surface area contributed by atoms with Crippen LogP contribution in [0.15, 0.2) is 141 Å². The van der Waals surface area contributed by atoms with Gasteiger partial charge in [0.15, 0.2) is 0 Å². The number of allylic oxidation sites excluding steroid dienone is 13. The summed E-state index contributed by atoms with van der Waals surface area (Å²) < 4.78 is 0. The standard InChI is InChI=1S/C24H31NS.C13H25N.C9H12O2/c1-8-11-12-13-16-25-21-14-15-23(26-18-19(4)9-2)22(17-21)24(6,7)20(5)10-3;1-10(12(2,3)4)9-11(14-8)13(5,6)7;1-4-7(2)9(6-10)5-8(3)11/h8,10-18H,3,5,9H2,1-2,4,6-7H3;9-10H,8H2,1-7H3;4-6,11H,3H2,1-2H3/b11-8-,13-12-,19-18+,25-16?;11-9-;7-4-,9-5-. The SMILES string of the molecule is C=C(O)/C=C(C=O)\C(C)=C/C.C=CC(=C)C(C)(C)c1cc(N=C/C=C\C=C/C)ccc1S/C=C(\C)CC.C=N/C(=C\C(C)C(C)(C)C)C(C)(C)C. The number of carbonyl (C=O) groups is 1. The molecule has 0 fully saturated rings. The van der Waals surface area contributed by atoms with Crippen molar-refractivity contribution < 1.29 is 9.90 Å². The summed E-state index contributed by atoms with van der Waals surface area (Å²) in [6.07, 6.45) is 18.7. The van der Waals surface area contributed by atoms with Gasteiger partial charge in [-0.1, -0.05) is 143 Å². The minimum Gasteiger partial charge on any atom is -0.509 e. The molecule has 0 bridgehead atoms. The Labute approximate surface area is 317 Å². The number of benzene rings is 1. The molecule has 1 aromatic rings. The summed E-state index contributed by atoms with van der Waals surface area (Å²) in [7, 11) is 0. The fourth-order valence-corrected chi connectivity index (χ4v) is 4.92. The Kier molecular flexibility index (Phi) is 23.4. The second kappa shape index (κ2) is 24.3. The van der Waals surface area contributed by atoms with Gasteiger partial charge in [-0.05, 0) is 105 Å². The highest BCUT2D eigenvalue weighted by atomic mass is 32.2. The molecule has 5 heteroatoms. The maximum atomic E-state index is 10.4. The Morgan fingerprint density at radius 3 is 2.04 bits per heavy atom. The molecule has 0 saturated carbocycles. The molecule has 1 unspecified atom stereocenters. The molecular weight excluding hydrogens is 645 g/mol. The van der Waals surface area contributed by atoms with E-state index < -0.39 is 0 Å². The monoisotopic (exact) mass is 713 g/mol. The summed E-state index contributed by atoms with van der Waals surface area (Å²) in [5.41, 5.74) is 7.11. The van der Waals surface area contributed by atoms with Gasteiger partial charge in [0.2, 0.25) is 0 Å². The summed E-state index contributed by atoms with van der Waals surface area (Å²) in [5.74, 6) is 0.413. The topological polar surface area (TPSA) is 62.0 Å². The Morgan fingerprint density at radius 1 is 1.00 bits per heavy atom. The number of aliphatic hydroxyl groups is 1. The number of rotatable bonds is 14. The van der Waals surface area contributed by atoms with E-state index in [-0.39, 0.29) is 16.6 Å². The van der Waals surface area contributed by atoms with Crippen LogP contribution in [0.3, 0.4) is 0 Å². The number of aldehydes is 1. The van der Waals surface area contributed by atoms with Crippen LogP contribution < -0.4 is 0 Å². The number of aliphatic imine (C=N–C) groups is 2. The molecule has 0 amide bonds. The Balaban J connectivity index is 0. The first-order valence-corrected chi connectivity index (χ1v) is 18.4. The third kappa shape index (κ3) is 19.9. The number of thioether (sulfide) groups is 1. The summed E-state index contributed by atoms with van der Waals surface area (Å²) in [5, 5.41) is 11.0. The van der Waals surface area contributed by atoms with E-state index in [1.807, 2.05) is 50.4 Å². The van der Waals surface area contributed by atoms with Gasteiger partial charge in [-0.15, -0.1) is 0 Å². The molecule has 280 valence electrons. The zero-order valence-corrected chi connectivity index (χ0v) is 35.2. The van der Waals surface area contributed by atoms with Crippen molar-refractivity contribution in [3.63, 3.8) is 0 Å². The number of carbonyl (C=O) groups excluding carboxylic acids is 1. The van der Waals surface area contributed by atoms with Crippen LogP contribution in [0.4, 0.5) is 5.69 Å². The van der Waals surface area contributed by atoms with Crippen LogP contribution in [0.5, 0.6) is 0 Å². The quantitative estimate of drug-likeness (QED) is 0.0521. The third-order valence-electron chi connectivity index (χ3n) is 8.40. The first-order valence-electron chi connectivity index (χ1n) is 17.5. The summed E-state index contributed by atoms with van der Waals surface area (Å²) in [6, 6.07) is 6.37. The van der Waals surface area contributed by atoms with Crippen molar-refractivity contribution >= 4 is 36.7 Å². The maximum absolute atomic E-state index is 10.4. The van der Waals surface area contributed by atoms with Crippen molar-refractivity contribution in [2.75, 3.05) is 0 Å². The molecule has 1 aromatic carbocycles. The molecule has 0 radical (unpaired) electrons. The van der Waals surface area contributed by atoms with Crippen LogP contribution >= 0.6 is 11.8 Å². The van der Waals surface area contributed by atoms with Gasteiger partial charge in [0.05, 0.1) is 5.69 Å². The van der Waals surface area contributed by atoms with Crippen LogP contribution in [0.1, 0.15) is 109 Å². The second-order valence-corrected chi connectivity index (χ2v) is 15.9. The Bertz CT molecular complexity index is 1530. The van der Waals surface area contributed by atoms with Crippen LogP contribution in [-0.2, 0) is 10.2 Å². The van der Waals surface area contributed by atoms with Gasteiger partial charge >= 0.3 is 0 Å². The van der Waals surface area contributed by atoms with Gasteiger partial charge in [0, 0.05) is 33.2 Å². The van der Waals surface area contributed by atoms with Crippen molar-refractivity contribution in [2.24, 2.45) is 26.7 Å². The Morgan fingerprint density at radius 2 is 1.61 bits per heavy atom. The van der Waals surface area contributed by atoms with E-state index in [2.05, 4.69) is 142 Å². The van der Waals surface area contributed by atoms with E-state index in [1.54, 1.807) is 24.8 Å². The Hall–Kier alpha value is -3.96. The molecule has 0 aliphatic rings. The van der Waals surface area contributed by atoms with E-state index >= 15 is 0 Å². The zero-order valence-electron chi connectivity index (χ0n) is 34.4. The van der Waals surface area contributed by atoms with Gasteiger partial charge in [-0.25, -0.2) is 0 Å². The fraction of sp³-hybridized carbons (Fsp3) is 0.413. The highest BCUT2D eigenvalue weighted by Crippen LogP contribution is 2.40. The number of nitrogens with zero attached hydrogens (tertiary/aromatic N) is 2. The molecule has 4 nitrogen and oxygen atoms in total. The average molecular weight is 713 g/mol. The lowest BCUT2D eigenvalue weighted by Gasteiger charge is -2.28. The molecule has 0 heterocycles. The number of aliphatic hydroxyl groups excluding tert-OH is 1. The smallest absolute Gasteiger partial charge is 0.150 e. The highest BCUT2D eigenvalue weighted by Gasteiger charge is 2.26. The predicted molar refractivity (Wildman–Crippen MR) is 232 cm³/mol. The maximum Gasteiger partial charge on any atom is 0.150 e. The number of hydrogen-bond donors (Lipinski definition) is 1. The lowest BCUT2D eigenvalue weighted by atomic mass is 9.78. The van der Waals surface area contributed by atoms with E-state index in [9.17, 15) is 4.79 Å².